The Labute approximate surface area is 141 Å². The number of hydrogen-bond donors (Lipinski definition) is 2. The van der Waals surface area contributed by atoms with Crippen LogP contribution >= 0.6 is 0 Å². The molecule has 5 nitrogen and oxygen atoms in total. The summed E-state index contributed by atoms with van der Waals surface area (Å²) in [7, 11) is 0. The summed E-state index contributed by atoms with van der Waals surface area (Å²) in [4.78, 5) is 27.4. The van der Waals surface area contributed by atoms with Crippen LogP contribution in [0.4, 0.5) is 13.2 Å². The van der Waals surface area contributed by atoms with Crippen molar-refractivity contribution in [3.05, 3.63) is 41.6 Å². The number of aromatic nitrogens is 1. The van der Waals surface area contributed by atoms with E-state index in [4.69, 9.17) is 5.11 Å². The molecule has 8 heteroatoms. The first-order valence-electron chi connectivity index (χ1n) is 7.74. The summed E-state index contributed by atoms with van der Waals surface area (Å²) in [6, 6.07) is 4.35. The van der Waals surface area contributed by atoms with Gasteiger partial charge in [-0.25, -0.2) is 4.79 Å². The lowest BCUT2D eigenvalue weighted by Gasteiger charge is -2.18. The molecular formula is C17H17F3N2O3. The van der Waals surface area contributed by atoms with Crippen LogP contribution in [0.3, 0.4) is 0 Å². The van der Waals surface area contributed by atoms with Crippen molar-refractivity contribution < 1.29 is 27.9 Å². The number of unbranched alkanes of at least 4 members (excludes halogenated alkanes) is 1. The van der Waals surface area contributed by atoms with Crippen LogP contribution in [0.1, 0.15) is 42.1 Å². The molecule has 0 aliphatic heterocycles. The molecule has 0 spiro atoms. The molecule has 2 aromatic rings. The number of alkyl halides is 3. The van der Waals surface area contributed by atoms with Crippen molar-refractivity contribution in [3.8, 4) is 0 Å². The molecule has 0 fully saturated rings. The van der Waals surface area contributed by atoms with Gasteiger partial charge in [0.05, 0.1) is 16.6 Å². The molecule has 25 heavy (non-hydrogen) atoms. The number of carboxylic acid groups (broad SMARTS) is 1. The highest BCUT2D eigenvalue weighted by atomic mass is 19.4. The van der Waals surface area contributed by atoms with Gasteiger partial charge in [-0.2, -0.15) is 13.2 Å². The molecule has 1 aromatic carbocycles. The largest absolute Gasteiger partial charge is 0.480 e. The zero-order valence-corrected chi connectivity index (χ0v) is 13.4. The fourth-order valence-electron chi connectivity index (χ4n) is 2.52. The summed E-state index contributed by atoms with van der Waals surface area (Å²) in [6.07, 6.45) is -2.58. The van der Waals surface area contributed by atoms with Gasteiger partial charge in [-0.3, -0.25) is 9.78 Å². The average Bonchev–Trinajstić information content (AvgIpc) is 2.56. The van der Waals surface area contributed by atoms with Crippen LogP contribution in [0, 0.1) is 0 Å². The first-order chi connectivity index (χ1) is 11.8. The highest BCUT2D eigenvalue weighted by Crippen LogP contribution is 2.36. The van der Waals surface area contributed by atoms with E-state index >= 15 is 0 Å². The van der Waals surface area contributed by atoms with Gasteiger partial charge in [-0.05, 0) is 12.5 Å². The van der Waals surface area contributed by atoms with Crippen molar-refractivity contribution in [2.24, 2.45) is 0 Å². The minimum Gasteiger partial charge on any atom is -0.480 e. The third kappa shape index (κ3) is 4.26. The number of amides is 1. The van der Waals surface area contributed by atoms with Gasteiger partial charge in [0.2, 0.25) is 0 Å². The number of halogens is 3. The van der Waals surface area contributed by atoms with E-state index in [0.717, 1.165) is 6.20 Å². The minimum absolute atomic E-state index is 0.104. The second-order valence-corrected chi connectivity index (χ2v) is 5.57. The van der Waals surface area contributed by atoms with Crippen molar-refractivity contribution in [1.29, 1.82) is 0 Å². The lowest BCUT2D eigenvalue weighted by Crippen LogP contribution is -2.41. The molecule has 0 aliphatic rings. The molecular weight excluding hydrogens is 337 g/mol. The van der Waals surface area contributed by atoms with Crippen LogP contribution in [0.25, 0.3) is 10.9 Å². The average molecular weight is 354 g/mol. The number of rotatable bonds is 6. The van der Waals surface area contributed by atoms with Gasteiger partial charge in [0.15, 0.2) is 0 Å². The van der Waals surface area contributed by atoms with Crippen molar-refractivity contribution in [3.63, 3.8) is 0 Å². The Morgan fingerprint density at radius 2 is 1.96 bits per heavy atom. The van der Waals surface area contributed by atoms with Crippen LogP contribution < -0.4 is 5.32 Å². The minimum atomic E-state index is -4.78. The second kappa shape index (κ2) is 7.50. The topological polar surface area (TPSA) is 79.3 Å². The maximum absolute atomic E-state index is 13.5. The number of carbonyl (C=O) groups excluding carboxylic acids is 1. The zero-order chi connectivity index (χ0) is 18.6. The molecule has 0 saturated heterocycles. The smallest absolute Gasteiger partial charge is 0.417 e. The van der Waals surface area contributed by atoms with Gasteiger partial charge in [0.1, 0.15) is 6.04 Å². The molecule has 2 rings (SSSR count). The van der Waals surface area contributed by atoms with Crippen LogP contribution in [0.15, 0.2) is 30.5 Å². The highest BCUT2D eigenvalue weighted by molar-refractivity contribution is 6.01. The Bertz CT molecular complexity index is 790. The molecule has 0 aliphatic carbocycles. The van der Waals surface area contributed by atoms with Crippen LogP contribution in [-0.2, 0) is 11.0 Å². The van der Waals surface area contributed by atoms with Crippen molar-refractivity contribution in [2.75, 3.05) is 0 Å². The molecule has 0 saturated carbocycles. The van der Waals surface area contributed by atoms with Gasteiger partial charge >= 0.3 is 12.1 Å². The maximum atomic E-state index is 13.5. The predicted molar refractivity (Wildman–Crippen MR) is 85.2 cm³/mol. The number of carbonyl (C=O) groups is 2. The Kier molecular flexibility index (Phi) is 5.61. The number of pyridine rings is 1. The molecule has 0 bridgehead atoms. The number of hydrogen-bond acceptors (Lipinski definition) is 3. The SMILES string of the molecule is CCCCC(NC(=O)c1cnc2ccccc2c1C(F)(F)F)C(=O)O. The quantitative estimate of drug-likeness (QED) is 0.830. The number of aliphatic carboxylic acids is 1. The van der Waals surface area contributed by atoms with E-state index in [2.05, 4.69) is 10.3 Å². The van der Waals surface area contributed by atoms with Gasteiger partial charge < -0.3 is 10.4 Å². The molecule has 2 N–H and O–H groups in total. The monoisotopic (exact) mass is 354 g/mol. The third-order valence-corrected chi connectivity index (χ3v) is 3.75. The summed E-state index contributed by atoms with van der Waals surface area (Å²) in [6.45, 7) is 1.84. The number of para-hydroxylation sites is 1. The Morgan fingerprint density at radius 1 is 1.28 bits per heavy atom. The first-order valence-corrected chi connectivity index (χ1v) is 7.74. The van der Waals surface area contributed by atoms with Gasteiger partial charge in [0, 0.05) is 11.6 Å². The van der Waals surface area contributed by atoms with Crippen LogP contribution in [0.5, 0.6) is 0 Å². The fraction of sp³-hybridized carbons (Fsp3) is 0.353. The van der Waals surface area contributed by atoms with Crippen molar-refractivity contribution >= 4 is 22.8 Å². The van der Waals surface area contributed by atoms with E-state index in [1.165, 1.54) is 18.2 Å². The van der Waals surface area contributed by atoms with E-state index in [0.29, 0.717) is 12.8 Å². The Morgan fingerprint density at radius 3 is 2.56 bits per heavy atom. The summed E-state index contributed by atoms with van der Waals surface area (Å²) in [5, 5.41) is 11.1. The molecule has 1 aromatic heterocycles. The van der Waals surface area contributed by atoms with Crippen LogP contribution in [0.2, 0.25) is 0 Å². The lowest BCUT2D eigenvalue weighted by atomic mass is 10.0. The normalized spacial score (nSPS) is 12.8. The maximum Gasteiger partial charge on any atom is 0.417 e. The summed E-state index contributed by atoms with van der Waals surface area (Å²) >= 11 is 0. The van der Waals surface area contributed by atoms with E-state index in [1.807, 2.05) is 6.92 Å². The summed E-state index contributed by atoms with van der Waals surface area (Å²) < 4.78 is 40.5. The third-order valence-electron chi connectivity index (χ3n) is 3.75. The second-order valence-electron chi connectivity index (χ2n) is 5.57. The predicted octanol–water partition coefficient (Wildman–Crippen LogP) is 3.63. The van der Waals surface area contributed by atoms with E-state index < -0.39 is 35.2 Å². The van der Waals surface area contributed by atoms with Crippen molar-refractivity contribution in [2.45, 2.75) is 38.4 Å². The van der Waals surface area contributed by atoms with Gasteiger partial charge in [0.25, 0.3) is 5.91 Å². The number of nitrogens with zero attached hydrogens (tertiary/aromatic N) is 1. The van der Waals surface area contributed by atoms with Crippen LogP contribution in [-0.4, -0.2) is 28.0 Å². The Hall–Kier alpha value is -2.64. The standard InChI is InChI=1S/C17H17F3N2O3/c1-2-3-7-13(16(24)25)22-15(23)11-9-21-12-8-5-4-6-10(12)14(11)17(18,19)20/h4-6,8-9,13H,2-3,7H2,1H3,(H,22,23)(H,24,25). The summed E-state index contributed by atoms with van der Waals surface area (Å²) in [5.41, 5.74) is -1.70. The van der Waals surface area contributed by atoms with Gasteiger partial charge in [-0.1, -0.05) is 38.0 Å². The Balaban J connectivity index is 2.45. The van der Waals surface area contributed by atoms with Gasteiger partial charge in [-0.15, -0.1) is 0 Å². The molecule has 0 radical (unpaired) electrons. The lowest BCUT2D eigenvalue weighted by molar-refractivity contribution is -0.139. The molecule has 1 heterocycles. The number of benzene rings is 1. The molecule has 1 atom stereocenters. The van der Waals surface area contributed by atoms with Crippen molar-refractivity contribution in [1.82, 2.24) is 10.3 Å². The molecule has 1 unspecified atom stereocenters. The van der Waals surface area contributed by atoms with E-state index in [9.17, 15) is 22.8 Å². The number of nitrogens with one attached hydrogen (secondary N) is 1. The number of carboxylic acids is 1. The number of fused-ring (bicyclic) bond motifs is 1. The highest BCUT2D eigenvalue weighted by Gasteiger charge is 2.38. The summed E-state index contributed by atoms with van der Waals surface area (Å²) in [5.74, 6) is -2.39. The zero-order valence-electron chi connectivity index (χ0n) is 13.4. The first kappa shape index (κ1) is 18.7. The molecule has 1 amide bonds. The van der Waals surface area contributed by atoms with E-state index in [-0.39, 0.29) is 17.3 Å². The molecule has 134 valence electrons. The fourth-order valence-corrected chi connectivity index (χ4v) is 2.52. The van der Waals surface area contributed by atoms with E-state index in [1.54, 1.807) is 6.07 Å².